The van der Waals surface area contributed by atoms with E-state index >= 15 is 0 Å². The van der Waals surface area contributed by atoms with Gasteiger partial charge in [-0.3, -0.25) is 19.4 Å². The zero-order valence-corrected chi connectivity index (χ0v) is 17.4. The van der Waals surface area contributed by atoms with Gasteiger partial charge in [-0.1, -0.05) is 30.3 Å². The average molecular weight is 417 g/mol. The van der Waals surface area contributed by atoms with Crippen molar-refractivity contribution in [1.82, 2.24) is 14.7 Å². The van der Waals surface area contributed by atoms with Crippen LogP contribution in [0, 0.1) is 0 Å². The molecule has 7 nitrogen and oxygen atoms in total. The van der Waals surface area contributed by atoms with Crippen LogP contribution < -0.4 is 5.73 Å². The second-order valence-corrected chi connectivity index (χ2v) is 9.26. The maximum absolute atomic E-state index is 13.3. The van der Waals surface area contributed by atoms with Crippen molar-refractivity contribution >= 4 is 29.6 Å². The second kappa shape index (κ2) is 8.36. The van der Waals surface area contributed by atoms with Crippen molar-refractivity contribution in [2.75, 3.05) is 37.7 Å². The van der Waals surface area contributed by atoms with Gasteiger partial charge in [-0.2, -0.15) is 11.8 Å². The molecule has 0 bridgehead atoms. The van der Waals surface area contributed by atoms with Crippen LogP contribution >= 0.6 is 11.8 Å². The second-order valence-electron chi connectivity index (χ2n) is 8.11. The minimum atomic E-state index is -0.844. The lowest BCUT2D eigenvalue weighted by Crippen LogP contribution is -2.58. The quantitative estimate of drug-likeness (QED) is 0.707. The molecule has 1 aromatic rings. The zero-order valence-electron chi connectivity index (χ0n) is 16.6. The highest BCUT2D eigenvalue weighted by Gasteiger charge is 2.58. The Morgan fingerprint density at radius 3 is 2.52 bits per heavy atom. The average Bonchev–Trinajstić information content (AvgIpc) is 3.32. The van der Waals surface area contributed by atoms with Crippen LogP contribution in [0.4, 0.5) is 4.79 Å². The Kier molecular flexibility index (Phi) is 5.83. The molecule has 2 N–H and O–H groups in total. The number of nitrogens with zero attached hydrogens (tertiary/aromatic N) is 3. The molecule has 0 aliphatic carbocycles. The normalized spacial score (nSPS) is 24.6. The molecule has 156 valence electrons. The SMILES string of the molecule is NC(=O)CN1C(=O)N(CCc2ccccc2)C2(CCN(C3CCSC3)CC2)C1=O. The fourth-order valence-corrected chi connectivity index (χ4v) is 6.08. The van der Waals surface area contributed by atoms with Crippen LogP contribution in [0.5, 0.6) is 0 Å². The standard InChI is InChI=1S/C21H28N4O3S/c22-18(26)14-24-19(27)21(8-11-23(12-9-21)17-7-13-29-15-17)25(20(24)28)10-6-16-4-2-1-3-5-16/h1-5,17H,6-15H2,(H2,22,26). The first kappa shape index (κ1) is 20.2. The van der Waals surface area contributed by atoms with E-state index in [-0.39, 0.29) is 18.5 Å². The van der Waals surface area contributed by atoms with Gasteiger partial charge in [-0.05, 0) is 37.0 Å². The number of thioether (sulfide) groups is 1. The fraction of sp³-hybridized carbons (Fsp3) is 0.571. The summed E-state index contributed by atoms with van der Waals surface area (Å²) in [6.45, 7) is 1.72. The Morgan fingerprint density at radius 1 is 1.17 bits per heavy atom. The first-order valence-electron chi connectivity index (χ1n) is 10.3. The fourth-order valence-electron chi connectivity index (χ4n) is 4.83. The molecule has 4 amide bonds. The molecule has 3 saturated heterocycles. The van der Waals surface area contributed by atoms with Gasteiger partial charge in [0.1, 0.15) is 12.1 Å². The summed E-state index contributed by atoms with van der Waals surface area (Å²) in [4.78, 5) is 43.1. The highest BCUT2D eigenvalue weighted by molar-refractivity contribution is 7.99. The summed E-state index contributed by atoms with van der Waals surface area (Å²) in [6.07, 6.45) is 3.09. The van der Waals surface area contributed by atoms with Crippen molar-refractivity contribution in [2.24, 2.45) is 5.73 Å². The van der Waals surface area contributed by atoms with Crippen LogP contribution in [0.25, 0.3) is 0 Å². The molecule has 0 saturated carbocycles. The van der Waals surface area contributed by atoms with Gasteiger partial charge in [0.2, 0.25) is 5.91 Å². The summed E-state index contributed by atoms with van der Waals surface area (Å²) in [5.74, 6) is 1.42. The molecule has 8 heteroatoms. The van der Waals surface area contributed by atoms with Crippen molar-refractivity contribution in [2.45, 2.75) is 37.3 Å². The first-order valence-corrected chi connectivity index (χ1v) is 11.4. The van der Waals surface area contributed by atoms with Gasteiger partial charge >= 0.3 is 6.03 Å². The smallest absolute Gasteiger partial charge is 0.328 e. The molecule has 1 spiro atoms. The number of imide groups is 1. The lowest BCUT2D eigenvalue weighted by atomic mass is 9.85. The summed E-state index contributed by atoms with van der Waals surface area (Å²) < 4.78 is 0. The van der Waals surface area contributed by atoms with Crippen LogP contribution in [0.3, 0.4) is 0 Å². The molecule has 3 heterocycles. The van der Waals surface area contributed by atoms with Gasteiger partial charge < -0.3 is 10.6 Å². The van der Waals surface area contributed by atoms with E-state index in [1.165, 1.54) is 12.2 Å². The first-order chi connectivity index (χ1) is 14.0. The molecule has 29 heavy (non-hydrogen) atoms. The van der Waals surface area contributed by atoms with Crippen LogP contribution in [0.15, 0.2) is 30.3 Å². The predicted octanol–water partition coefficient (Wildman–Crippen LogP) is 1.32. The zero-order chi connectivity index (χ0) is 20.4. The number of hydrogen-bond acceptors (Lipinski definition) is 5. The summed E-state index contributed by atoms with van der Waals surface area (Å²) in [5.41, 5.74) is 5.59. The Morgan fingerprint density at radius 2 is 1.90 bits per heavy atom. The number of benzene rings is 1. The number of primary amides is 1. The predicted molar refractivity (Wildman–Crippen MR) is 112 cm³/mol. The third-order valence-corrected chi connectivity index (χ3v) is 7.59. The topological polar surface area (TPSA) is 86.9 Å². The lowest BCUT2D eigenvalue weighted by Gasteiger charge is -2.44. The van der Waals surface area contributed by atoms with Crippen molar-refractivity contribution in [3.63, 3.8) is 0 Å². The van der Waals surface area contributed by atoms with E-state index in [1.807, 2.05) is 42.1 Å². The molecule has 4 rings (SSSR count). The number of likely N-dealkylation sites (tertiary alicyclic amines) is 1. The van der Waals surface area contributed by atoms with Crippen LogP contribution in [0.1, 0.15) is 24.8 Å². The highest BCUT2D eigenvalue weighted by Crippen LogP contribution is 2.39. The number of carbonyl (C=O) groups excluding carboxylic acids is 3. The largest absolute Gasteiger partial charge is 0.368 e. The minimum Gasteiger partial charge on any atom is -0.368 e. The monoisotopic (exact) mass is 416 g/mol. The molecule has 1 atom stereocenters. The number of amides is 4. The third kappa shape index (κ3) is 3.88. The number of hydrogen-bond donors (Lipinski definition) is 1. The van der Waals surface area contributed by atoms with Crippen molar-refractivity contribution in [3.05, 3.63) is 35.9 Å². The van der Waals surface area contributed by atoms with Crippen molar-refractivity contribution in [3.8, 4) is 0 Å². The van der Waals surface area contributed by atoms with Gasteiger partial charge in [0.25, 0.3) is 5.91 Å². The van der Waals surface area contributed by atoms with E-state index in [1.54, 1.807) is 4.90 Å². The Balaban J connectivity index is 1.53. The molecule has 3 aliphatic heterocycles. The summed E-state index contributed by atoms with van der Waals surface area (Å²) >= 11 is 1.98. The number of carbonyl (C=O) groups is 3. The van der Waals surface area contributed by atoms with E-state index < -0.39 is 11.4 Å². The summed E-state index contributed by atoms with van der Waals surface area (Å²) in [6, 6.07) is 10.1. The number of nitrogens with two attached hydrogens (primary N) is 1. The highest BCUT2D eigenvalue weighted by atomic mass is 32.2. The van der Waals surface area contributed by atoms with Crippen molar-refractivity contribution < 1.29 is 14.4 Å². The van der Waals surface area contributed by atoms with E-state index in [2.05, 4.69) is 4.90 Å². The number of rotatable bonds is 6. The van der Waals surface area contributed by atoms with E-state index in [4.69, 9.17) is 5.73 Å². The Bertz CT molecular complexity index is 773. The maximum Gasteiger partial charge on any atom is 0.328 e. The summed E-state index contributed by atoms with van der Waals surface area (Å²) in [5, 5.41) is 0. The van der Waals surface area contributed by atoms with Gasteiger partial charge in [-0.15, -0.1) is 0 Å². The Labute approximate surface area is 175 Å². The van der Waals surface area contributed by atoms with E-state index in [0.717, 1.165) is 29.3 Å². The van der Waals surface area contributed by atoms with Crippen LogP contribution in [-0.2, 0) is 16.0 Å². The molecule has 0 aromatic heterocycles. The minimum absolute atomic E-state index is 0.255. The Hall–Kier alpha value is -2.06. The summed E-state index contributed by atoms with van der Waals surface area (Å²) in [7, 11) is 0. The molecular weight excluding hydrogens is 388 g/mol. The van der Waals surface area contributed by atoms with Crippen LogP contribution in [-0.4, -0.2) is 81.8 Å². The number of urea groups is 1. The molecule has 1 unspecified atom stereocenters. The molecule has 3 aliphatic rings. The molecule has 1 aromatic carbocycles. The van der Waals surface area contributed by atoms with Crippen molar-refractivity contribution in [1.29, 1.82) is 0 Å². The van der Waals surface area contributed by atoms with E-state index in [0.29, 0.717) is 31.8 Å². The van der Waals surface area contributed by atoms with Gasteiger partial charge in [0.05, 0.1) is 0 Å². The van der Waals surface area contributed by atoms with Gasteiger partial charge in [0, 0.05) is 31.4 Å². The molecular formula is C21H28N4O3S. The number of piperidine rings is 1. The molecule has 0 radical (unpaired) electrons. The van der Waals surface area contributed by atoms with Gasteiger partial charge in [-0.25, -0.2) is 4.79 Å². The molecule has 3 fully saturated rings. The van der Waals surface area contributed by atoms with E-state index in [9.17, 15) is 14.4 Å². The van der Waals surface area contributed by atoms with Crippen LogP contribution in [0.2, 0.25) is 0 Å². The maximum atomic E-state index is 13.3. The lowest BCUT2D eigenvalue weighted by molar-refractivity contribution is -0.138. The van der Waals surface area contributed by atoms with Gasteiger partial charge in [0.15, 0.2) is 0 Å². The third-order valence-electron chi connectivity index (χ3n) is 6.45.